The average Bonchev–Trinajstić information content (AvgIpc) is 2.56. The summed E-state index contributed by atoms with van der Waals surface area (Å²) in [6.45, 7) is 8.18. The second-order valence-electron chi connectivity index (χ2n) is 6.35. The van der Waals surface area contributed by atoms with Crippen LogP contribution in [-0.4, -0.2) is 31.0 Å². The zero-order chi connectivity index (χ0) is 18.8. The van der Waals surface area contributed by atoms with E-state index in [0.29, 0.717) is 23.8 Å². The highest BCUT2D eigenvalue weighted by molar-refractivity contribution is 6.01. The summed E-state index contributed by atoms with van der Waals surface area (Å²) in [7, 11) is 0. The Hall–Kier alpha value is -2.81. The van der Waals surface area contributed by atoms with Crippen LogP contribution >= 0.6 is 0 Å². The number of nitrogens with zero attached hydrogens (tertiary/aromatic N) is 1. The molecule has 0 saturated carbocycles. The summed E-state index contributed by atoms with van der Waals surface area (Å²) < 4.78 is 5.39. The van der Waals surface area contributed by atoms with Gasteiger partial charge in [-0.3, -0.25) is 9.59 Å². The van der Waals surface area contributed by atoms with Gasteiger partial charge in [0.2, 0.25) is 0 Å². The number of carbonyl (C=O) groups is 2. The Kier molecular flexibility index (Phi) is 8.21. The van der Waals surface area contributed by atoms with Crippen molar-refractivity contribution in [1.29, 1.82) is 5.26 Å². The molecule has 0 aliphatic carbocycles. The molecule has 1 rings (SSSR count). The number of rotatable bonds is 8. The summed E-state index contributed by atoms with van der Waals surface area (Å²) >= 11 is 0. The maximum Gasteiger partial charge on any atom is 0.261 e. The van der Waals surface area contributed by atoms with Crippen molar-refractivity contribution >= 4 is 17.9 Å². The van der Waals surface area contributed by atoms with Gasteiger partial charge >= 0.3 is 0 Å². The second-order valence-corrected chi connectivity index (χ2v) is 6.35. The maximum atomic E-state index is 11.9. The predicted octanol–water partition coefficient (Wildman–Crippen LogP) is 2.27. The number of nitriles is 1. The van der Waals surface area contributed by atoms with Crippen molar-refractivity contribution in [3.05, 3.63) is 35.4 Å². The number of hydrogen-bond acceptors (Lipinski definition) is 4. The predicted molar refractivity (Wildman–Crippen MR) is 96.7 cm³/mol. The summed E-state index contributed by atoms with van der Waals surface area (Å²) in [4.78, 5) is 23.5. The number of nitrogens with one attached hydrogen (secondary N) is 2. The lowest BCUT2D eigenvalue weighted by atomic mass is 10.1. The molecule has 6 nitrogen and oxygen atoms in total. The van der Waals surface area contributed by atoms with Gasteiger partial charge in [0.05, 0.1) is 0 Å². The first-order valence-corrected chi connectivity index (χ1v) is 8.24. The van der Waals surface area contributed by atoms with E-state index in [1.54, 1.807) is 24.3 Å². The van der Waals surface area contributed by atoms with Gasteiger partial charge in [0, 0.05) is 12.6 Å². The molecule has 0 fully saturated rings. The smallest absolute Gasteiger partial charge is 0.261 e. The molecule has 0 saturated heterocycles. The van der Waals surface area contributed by atoms with Crippen LogP contribution in [0, 0.1) is 17.2 Å². The number of hydrogen-bond donors (Lipinski definition) is 2. The van der Waals surface area contributed by atoms with Crippen molar-refractivity contribution in [3.63, 3.8) is 0 Å². The number of carbonyl (C=O) groups excluding carboxylic acids is 2. The highest BCUT2D eigenvalue weighted by Gasteiger charge is 2.09. The van der Waals surface area contributed by atoms with Gasteiger partial charge < -0.3 is 15.4 Å². The van der Waals surface area contributed by atoms with Crippen LogP contribution in [0.1, 0.15) is 33.3 Å². The van der Waals surface area contributed by atoms with Crippen LogP contribution in [0.2, 0.25) is 0 Å². The Morgan fingerprint density at radius 1 is 1.20 bits per heavy atom. The van der Waals surface area contributed by atoms with Crippen molar-refractivity contribution in [1.82, 2.24) is 10.6 Å². The molecule has 0 bridgehead atoms. The van der Waals surface area contributed by atoms with Crippen LogP contribution in [0.5, 0.6) is 5.75 Å². The molecule has 25 heavy (non-hydrogen) atoms. The Balaban J connectivity index is 2.66. The van der Waals surface area contributed by atoms with Crippen molar-refractivity contribution in [3.8, 4) is 11.8 Å². The van der Waals surface area contributed by atoms with Crippen molar-refractivity contribution in [2.75, 3.05) is 13.2 Å². The van der Waals surface area contributed by atoms with E-state index in [9.17, 15) is 9.59 Å². The maximum absolute atomic E-state index is 11.9. The molecule has 1 aromatic rings. The molecule has 2 N–H and O–H groups in total. The van der Waals surface area contributed by atoms with Crippen LogP contribution < -0.4 is 15.4 Å². The van der Waals surface area contributed by atoms with Gasteiger partial charge in [0.15, 0.2) is 6.61 Å². The molecule has 0 unspecified atom stereocenters. The first kappa shape index (κ1) is 20.2. The van der Waals surface area contributed by atoms with E-state index in [1.165, 1.54) is 6.08 Å². The zero-order valence-electron chi connectivity index (χ0n) is 15.1. The molecule has 0 aromatic heterocycles. The van der Waals surface area contributed by atoms with E-state index in [2.05, 4.69) is 10.6 Å². The fourth-order valence-corrected chi connectivity index (χ4v) is 1.88. The average molecular weight is 343 g/mol. The number of benzene rings is 1. The largest absolute Gasteiger partial charge is 0.484 e. The molecule has 134 valence electrons. The van der Waals surface area contributed by atoms with Crippen LogP contribution in [0.25, 0.3) is 6.08 Å². The van der Waals surface area contributed by atoms with Crippen LogP contribution in [0.4, 0.5) is 0 Å². The Labute approximate surface area is 148 Å². The lowest BCUT2D eigenvalue weighted by Crippen LogP contribution is -2.34. The normalized spacial score (nSPS) is 11.2. The molecule has 0 spiro atoms. The topological polar surface area (TPSA) is 91.2 Å². The lowest BCUT2D eigenvalue weighted by molar-refractivity contribution is -0.123. The molecule has 1 aromatic carbocycles. The van der Waals surface area contributed by atoms with Gasteiger partial charge in [-0.05, 0) is 43.5 Å². The summed E-state index contributed by atoms with van der Waals surface area (Å²) in [5.41, 5.74) is 0.751. The zero-order valence-corrected chi connectivity index (χ0v) is 15.1. The van der Waals surface area contributed by atoms with Gasteiger partial charge in [-0.25, -0.2) is 0 Å². The summed E-state index contributed by atoms with van der Waals surface area (Å²) in [6.07, 6.45) is 1.52. The molecular weight excluding hydrogens is 318 g/mol. The van der Waals surface area contributed by atoms with Crippen molar-refractivity contribution in [2.24, 2.45) is 5.92 Å². The van der Waals surface area contributed by atoms with Crippen LogP contribution in [0.3, 0.4) is 0 Å². The molecule has 0 aliphatic rings. The minimum Gasteiger partial charge on any atom is -0.484 e. The van der Waals surface area contributed by atoms with Gasteiger partial charge in [-0.1, -0.05) is 26.0 Å². The van der Waals surface area contributed by atoms with E-state index in [4.69, 9.17) is 10.00 Å². The molecule has 6 heteroatoms. The quantitative estimate of drug-likeness (QED) is 0.559. The second kappa shape index (κ2) is 10.1. The van der Waals surface area contributed by atoms with Crippen molar-refractivity contribution < 1.29 is 14.3 Å². The van der Waals surface area contributed by atoms with E-state index in [0.717, 1.165) is 0 Å². The highest BCUT2D eigenvalue weighted by atomic mass is 16.5. The van der Waals surface area contributed by atoms with E-state index >= 15 is 0 Å². The van der Waals surface area contributed by atoms with Gasteiger partial charge in [-0.15, -0.1) is 0 Å². The third kappa shape index (κ3) is 8.02. The Morgan fingerprint density at radius 3 is 2.36 bits per heavy atom. The fraction of sp³-hybridized carbons (Fsp3) is 0.421. The Morgan fingerprint density at radius 2 is 1.84 bits per heavy atom. The molecule has 0 radical (unpaired) electrons. The van der Waals surface area contributed by atoms with Gasteiger partial charge in [0.25, 0.3) is 11.8 Å². The van der Waals surface area contributed by atoms with Crippen molar-refractivity contribution in [2.45, 2.75) is 33.7 Å². The number of ether oxygens (including phenoxy) is 1. The summed E-state index contributed by atoms with van der Waals surface area (Å²) in [5.74, 6) is 0.279. The first-order valence-electron chi connectivity index (χ1n) is 8.24. The standard InChI is InChI=1S/C19H25N3O3/c1-13(2)11-21-19(24)16(10-20)9-15-5-7-17(8-6-15)25-12-18(23)22-14(3)4/h5-9,13-14H,11-12H2,1-4H3,(H,21,24)(H,22,23)/b16-9+. The van der Waals surface area contributed by atoms with E-state index in [1.807, 2.05) is 33.8 Å². The minimum absolute atomic E-state index is 0.0469. The first-order chi connectivity index (χ1) is 11.8. The molecule has 0 aliphatic heterocycles. The van der Waals surface area contributed by atoms with Gasteiger partial charge in [0.1, 0.15) is 17.4 Å². The fourth-order valence-electron chi connectivity index (χ4n) is 1.88. The number of amides is 2. The third-order valence-electron chi connectivity index (χ3n) is 3.05. The van der Waals surface area contributed by atoms with E-state index in [-0.39, 0.29) is 30.0 Å². The molecule has 0 atom stereocenters. The van der Waals surface area contributed by atoms with Crippen LogP contribution in [0.15, 0.2) is 29.8 Å². The monoisotopic (exact) mass is 343 g/mol. The Bertz CT molecular complexity index is 655. The molecular formula is C19H25N3O3. The summed E-state index contributed by atoms with van der Waals surface area (Å²) in [5, 5.41) is 14.6. The molecule has 2 amide bonds. The third-order valence-corrected chi connectivity index (χ3v) is 3.05. The van der Waals surface area contributed by atoms with E-state index < -0.39 is 0 Å². The van der Waals surface area contributed by atoms with Crippen LogP contribution in [-0.2, 0) is 9.59 Å². The SMILES string of the molecule is CC(C)CNC(=O)/C(C#N)=C/c1ccc(OCC(=O)NC(C)C)cc1. The van der Waals surface area contributed by atoms with Gasteiger partial charge in [-0.2, -0.15) is 5.26 Å². The summed E-state index contributed by atoms with van der Waals surface area (Å²) in [6, 6.07) is 8.81. The minimum atomic E-state index is -0.387. The lowest BCUT2D eigenvalue weighted by Gasteiger charge is -2.10. The molecule has 0 heterocycles. The highest BCUT2D eigenvalue weighted by Crippen LogP contribution is 2.14.